The van der Waals surface area contributed by atoms with Crippen LogP contribution in [0.3, 0.4) is 0 Å². The first-order valence-corrected chi connectivity index (χ1v) is 1.65. The van der Waals surface area contributed by atoms with Gasteiger partial charge in [0.05, 0.1) is 4.11 Å². The summed E-state index contributed by atoms with van der Waals surface area (Å²) < 4.78 is 20.7. The van der Waals surface area contributed by atoms with Crippen LogP contribution in [0.1, 0.15) is 4.11 Å². The van der Waals surface area contributed by atoms with Crippen LogP contribution in [0.5, 0.6) is 0 Å². The second kappa shape index (κ2) is 1.55. The molecule has 0 aliphatic rings. The Kier molecular flexibility index (Phi) is 0.394. The molecular weight excluding hydrogens is 92.1 g/mol. The fourth-order valence-electron chi connectivity index (χ4n) is 0.219. The first-order chi connectivity index (χ1) is 4.61. The number of rotatable bonds is 0. The number of nitrogens with one attached hydrogen (secondary N) is 1. The number of hydrogen-bond acceptors (Lipinski definition) is 2. The van der Waals surface area contributed by atoms with Crippen molar-refractivity contribution in [3.05, 3.63) is 28.9 Å². The summed E-state index contributed by atoms with van der Waals surface area (Å²) in [5, 5.41) is 0. The van der Waals surface area contributed by atoms with Crippen molar-refractivity contribution in [2.45, 2.75) is 0 Å². The maximum Gasteiger partial charge on any atom is 0.344 e. The standard InChI is InChI=1S/C4H4N2O/c7-4-5-2-1-3-6-4/h1-3H,(H,5,6,7)/i1D,2D,3D. The number of nitrogens with zero attached hydrogens (tertiary/aromatic N) is 1. The monoisotopic (exact) mass is 99.1 g/mol. The van der Waals surface area contributed by atoms with Crippen LogP contribution >= 0.6 is 0 Å². The second-order valence-electron chi connectivity index (χ2n) is 0.904. The normalized spacial score (nSPS) is 14.6. The maximum absolute atomic E-state index is 10.4. The third-order valence-corrected chi connectivity index (χ3v) is 0.445. The Morgan fingerprint density at radius 1 is 2.00 bits per heavy atom. The highest BCUT2D eigenvalue weighted by atomic mass is 16.1. The van der Waals surface area contributed by atoms with Gasteiger partial charge in [-0.15, -0.1) is 0 Å². The fourth-order valence-corrected chi connectivity index (χ4v) is 0.219. The molecule has 0 atom stereocenters. The van der Waals surface area contributed by atoms with Crippen LogP contribution in [0.4, 0.5) is 0 Å². The predicted octanol–water partition coefficient (Wildman–Crippen LogP) is -0.230. The van der Waals surface area contributed by atoms with Gasteiger partial charge in [-0.25, -0.2) is 9.78 Å². The van der Waals surface area contributed by atoms with Gasteiger partial charge in [-0.1, -0.05) is 0 Å². The number of aromatic amines is 1. The van der Waals surface area contributed by atoms with Gasteiger partial charge in [0.1, 0.15) is 0 Å². The molecule has 1 heterocycles. The molecule has 0 bridgehead atoms. The quantitative estimate of drug-likeness (QED) is 0.488. The first-order valence-electron chi connectivity index (χ1n) is 3.15. The third kappa shape index (κ3) is 0.855. The Hall–Kier alpha value is -1.12. The molecule has 1 N–H and O–H groups in total. The zero-order valence-corrected chi connectivity index (χ0v) is 3.36. The molecular formula is C4H4N2O. The molecule has 0 radical (unpaired) electrons. The molecule has 0 amide bonds. The predicted molar refractivity (Wildman–Crippen MR) is 24.9 cm³/mol. The topological polar surface area (TPSA) is 45.8 Å². The molecule has 0 aromatic carbocycles. The smallest absolute Gasteiger partial charge is 0.313 e. The van der Waals surface area contributed by atoms with E-state index >= 15 is 0 Å². The van der Waals surface area contributed by atoms with Gasteiger partial charge >= 0.3 is 5.69 Å². The summed E-state index contributed by atoms with van der Waals surface area (Å²) in [7, 11) is 0. The van der Waals surface area contributed by atoms with E-state index in [1.54, 1.807) is 0 Å². The fraction of sp³-hybridized carbons (Fsp3) is 0. The highest BCUT2D eigenvalue weighted by Crippen LogP contribution is 1.60. The van der Waals surface area contributed by atoms with Crippen molar-refractivity contribution in [2.75, 3.05) is 0 Å². The van der Waals surface area contributed by atoms with E-state index in [1.165, 1.54) is 0 Å². The molecule has 0 fully saturated rings. The lowest BCUT2D eigenvalue weighted by molar-refractivity contribution is 1.08. The van der Waals surface area contributed by atoms with E-state index in [1.807, 2.05) is 4.98 Å². The average Bonchev–Trinajstić information content (AvgIpc) is 1.82. The molecule has 0 unspecified atom stereocenters. The van der Waals surface area contributed by atoms with Gasteiger partial charge in [0, 0.05) is 12.3 Å². The molecule has 1 aromatic rings. The zero-order chi connectivity index (χ0) is 7.72. The van der Waals surface area contributed by atoms with Gasteiger partial charge in [-0.05, 0) is 6.04 Å². The van der Waals surface area contributed by atoms with Crippen LogP contribution in [-0.2, 0) is 0 Å². The number of hydrogen-bond donors (Lipinski definition) is 1. The van der Waals surface area contributed by atoms with Crippen LogP contribution in [0, 0.1) is 0 Å². The van der Waals surface area contributed by atoms with Crippen LogP contribution in [-0.4, -0.2) is 9.97 Å². The van der Waals surface area contributed by atoms with Crippen LogP contribution in [0.25, 0.3) is 0 Å². The molecule has 0 aliphatic heterocycles. The van der Waals surface area contributed by atoms with Gasteiger partial charge in [-0.3, -0.25) is 0 Å². The molecule has 0 aliphatic carbocycles. The summed E-state index contributed by atoms with van der Waals surface area (Å²) in [6.45, 7) is 0. The summed E-state index contributed by atoms with van der Waals surface area (Å²) >= 11 is 0. The Labute approximate surface area is 44.2 Å². The Morgan fingerprint density at radius 2 is 2.86 bits per heavy atom. The Balaban J connectivity index is 3.46. The summed E-state index contributed by atoms with van der Waals surface area (Å²) in [4.78, 5) is 15.4. The van der Waals surface area contributed by atoms with Crippen LogP contribution in [0.15, 0.2) is 23.2 Å². The molecule has 36 valence electrons. The lowest BCUT2D eigenvalue weighted by atomic mass is 10.7. The summed E-state index contributed by atoms with van der Waals surface area (Å²) in [5.41, 5.74) is -0.758. The van der Waals surface area contributed by atoms with E-state index in [9.17, 15) is 4.79 Å². The van der Waals surface area contributed by atoms with E-state index < -0.39 is 11.9 Å². The van der Waals surface area contributed by atoms with E-state index in [2.05, 4.69) is 4.98 Å². The van der Waals surface area contributed by atoms with E-state index in [-0.39, 0.29) is 12.2 Å². The molecule has 1 aromatic heterocycles. The molecule has 0 saturated carbocycles. The average molecular weight is 99.1 g/mol. The van der Waals surface area contributed by atoms with E-state index in [0.29, 0.717) is 0 Å². The molecule has 3 heteroatoms. The van der Waals surface area contributed by atoms with E-state index in [0.717, 1.165) is 0 Å². The van der Waals surface area contributed by atoms with Crippen LogP contribution < -0.4 is 5.69 Å². The minimum absolute atomic E-state index is 0.361. The van der Waals surface area contributed by atoms with Crippen molar-refractivity contribution in [3.8, 4) is 0 Å². The van der Waals surface area contributed by atoms with Crippen molar-refractivity contribution in [3.63, 3.8) is 0 Å². The van der Waals surface area contributed by atoms with Crippen molar-refractivity contribution in [1.29, 1.82) is 0 Å². The Bertz CT molecular complexity index is 282. The minimum Gasteiger partial charge on any atom is -0.313 e. The summed E-state index contributed by atoms with van der Waals surface area (Å²) in [6.07, 6.45) is -0.834. The lowest BCUT2D eigenvalue weighted by Crippen LogP contribution is -2.05. The second-order valence-corrected chi connectivity index (χ2v) is 0.904. The van der Waals surface area contributed by atoms with Gasteiger partial charge in [-0.2, -0.15) is 0 Å². The van der Waals surface area contributed by atoms with Crippen molar-refractivity contribution >= 4 is 0 Å². The van der Waals surface area contributed by atoms with Crippen molar-refractivity contribution in [2.24, 2.45) is 0 Å². The summed E-state index contributed by atoms with van der Waals surface area (Å²) in [5.74, 6) is 0. The number of H-pyrrole nitrogens is 1. The highest BCUT2D eigenvalue weighted by Gasteiger charge is 1.70. The van der Waals surface area contributed by atoms with Gasteiger partial charge < -0.3 is 4.98 Å². The maximum atomic E-state index is 10.4. The highest BCUT2D eigenvalue weighted by molar-refractivity contribution is 4.75. The third-order valence-electron chi connectivity index (χ3n) is 0.445. The zero-order valence-electron chi connectivity index (χ0n) is 6.36. The Morgan fingerprint density at radius 3 is 3.57 bits per heavy atom. The molecule has 0 saturated heterocycles. The van der Waals surface area contributed by atoms with Crippen molar-refractivity contribution in [1.82, 2.24) is 9.97 Å². The summed E-state index contributed by atoms with van der Waals surface area (Å²) in [6, 6.07) is -0.361. The molecule has 3 nitrogen and oxygen atoms in total. The molecule has 7 heavy (non-hydrogen) atoms. The van der Waals surface area contributed by atoms with Gasteiger partial charge in [0.15, 0.2) is 0 Å². The molecule has 1 rings (SSSR count). The molecule has 0 spiro atoms. The van der Waals surface area contributed by atoms with E-state index in [4.69, 9.17) is 4.11 Å². The van der Waals surface area contributed by atoms with Crippen LogP contribution in [0.2, 0.25) is 0 Å². The first kappa shape index (κ1) is 1.78. The van der Waals surface area contributed by atoms with Gasteiger partial charge in [0.25, 0.3) is 0 Å². The largest absolute Gasteiger partial charge is 0.344 e. The van der Waals surface area contributed by atoms with Gasteiger partial charge in [0.2, 0.25) is 0 Å². The van der Waals surface area contributed by atoms with Crippen molar-refractivity contribution < 1.29 is 4.11 Å². The number of aromatic nitrogens is 2. The minimum atomic E-state index is -0.758. The SMILES string of the molecule is [2H]c1nc(=O)[nH]c([2H])c1[2H]. The lowest BCUT2D eigenvalue weighted by Gasteiger charge is -1.72.